The second-order valence-corrected chi connectivity index (χ2v) is 6.32. The van der Waals surface area contributed by atoms with E-state index < -0.39 is 5.82 Å². The Morgan fingerprint density at radius 1 is 1.04 bits per heavy atom. The number of hydrogen-bond donors (Lipinski definition) is 1. The highest BCUT2D eigenvalue weighted by molar-refractivity contribution is 5.85. The normalized spacial score (nSPS) is 11.9. The van der Waals surface area contributed by atoms with Crippen LogP contribution in [-0.4, -0.2) is 12.5 Å². The fourth-order valence-corrected chi connectivity index (χ4v) is 2.91. The Bertz CT molecular complexity index is 971. The van der Waals surface area contributed by atoms with Gasteiger partial charge in [-0.1, -0.05) is 18.2 Å². The van der Waals surface area contributed by atoms with Crippen molar-refractivity contribution in [3.05, 3.63) is 66.0 Å². The standard InChI is InChI=1S/C22H22FNO3/c1-4-26-19-9-10-22(21(23)13-19)27-20-8-7-17-11-16(5-6-18(17)12-20)14(2)24-15(3)25/h5-14H,4H2,1-3H3,(H,24,25). The van der Waals surface area contributed by atoms with Crippen molar-refractivity contribution in [2.75, 3.05) is 6.61 Å². The first-order valence-corrected chi connectivity index (χ1v) is 8.87. The Kier molecular flexibility index (Phi) is 5.60. The van der Waals surface area contributed by atoms with E-state index in [-0.39, 0.29) is 17.7 Å². The summed E-state index contributed by atoms with van der Waals surface area (Å²) in [6.07, 6.45) is 0. The number of carbonyl (C=O) groups excluding carboxylic acids is 1. The maximum atomic E-state index is 14.2. The van der Waals surface area contributed by atoms with Crippen molar-refractivity contribution >= 4 is 16.7 Å². The molecule has 0 aliphatic carbocycles. The van der Waals surface area contributed by atoms with Gasteiger partial charge in [-0.25, -0.2) is 4.39 Å². The van der Waals surface area contributed by atoms with Gasteiger partial charge in [0.05, 0.1) is 12.6 Å². The van der Waals surface area contributed by atoms with E-state index >= 15 is 0 Å². The summed E-state index contributed by atoms with van der Waals surface area (Å²) in [5.41, 5.74) is 1.02. The van der Waals surface area contributed by atoms with Crippen LogP contribution in [0.5, 0.6) is 17.2 Å². The summed E-state index contributed by atoms with van der Waals surface area (Å²) < 4.78 is 25.2. The highest BCUT2D eigenvalue weighted by Crippen LogP contribution is 2.30. The third-order valence-electron chi connectivity index (χ3n) is 4.20. The zero-order chi connectivity index (χ0) is 19.4. The summed E-state index contributed by atoms with van der Waals surface area (Å²) >= 11 is 0. The first-order chi connectivity index (χ1) is 13.0. The van der Waals surface area contributed by atoms with Gasteiger partial charge in [-0.2, -0.15) is 0 Å². The third-order valence-corrected chi connectivity index (χ3v) is 4.20. The minimum Gasteiger partial charge on any atom is -0.494 e. The molecule has 27 heavy (non-hydrogen) atoms. The summed E-state index contributed by atoms with van der Waals surface area (Å²) in [7, 11) is 0. The molecule has 0 radical (unpaired) electrons. The number of halogens is 1. The van der Waals surface area contributed by atoms with Gasteiger partial charge in [-0.3, -0.25) is 4.79 Å². The zero-order valence-corrected chi connectivity index (χ0v) is 15.6. The molecule has 0 aromatic heterocycles. The molecule has 0 heterocycles. The van der Waals surface area contributed by atoms with E-state index in [9.17, 15) is 9.18 Å². The van der Waals surface area contributed by atoms with Gasteiger partial charge in [0, 0.05) is 13.0 Å². The number of fused-ring (bicyclic) bond motifs is 1. The van der Waals surface area contributed by atoms with Crippen LogP contribution in [0, 0.1) is 5.82 Å². The maximum Gasteiger partial charge on any atom is 0.217 e. The summed E-state index contributed by atoms with van der Waals surface area (Å²) in [5, 5.41) is 4.86. The Morgan fingerprint density at radius 3 is 2.44 bits per heavy atom. The number of ether oxygens (including phenoxy) is 2. The van der Waals surface area contributed by atoms with Crippen LogP contribution in [0.4, 0.5) is 4.39 Å². The van der Waals surface area contributed by atoms with Gasteiger partial charge in [-0.15, -0.1) is 0 Å². The SMILES string of the molecule is CCOc1ccc(Oc2ccc3cc(C(C)NC(C)=O)ccc3c2)c(F)c1. The van der Waals surface area contributed by atoms with Crippen molar-refractivity contribution < 1.29 is 18.7 Å². The van der Waals surface area contributed by atoms with E-state index in [0.29, 0.717) is 18.1 Å². The lowest BCUT2D eigenvalue weighted by atomic mass is 10.0. The molecule has 0 saturated carbocycles. The number of amides is 1. The molecule has 0 aliphatic rings. The third kappa shape index (κ3) is 4.56. The van der Waals surface area contributed by atoms with Crippen molar-refractivity contribution in [1.82, 2.24) is 5.32 Å². The molecule has 3 rings (SSSR count). The lowest BCUT2D eigenvalue weighted by Crippen LogP contribution is -2.23. The Labute approximate surface area is 157 Å². The highest BCUT2D eigenvalue weighted by atomic mass is 19.1. The van der Waals surface area contributed by atoms with Crippen LogP contribution < -0.4 is 14.8 Å². The maximum absolute atomic E-state index is 14.2. The molecule has 5 heteroatoms. The second-order valence-electron chi connectivity index (χ2n) is 6.32. The molecule has 0 fully saturated rings. The Balaban J connectivity index is 1.81. The van der Waals surface area contributed by atoms with Gasteiger partial charge in [-0.05, 0) is 60.5 Å². The van der Waals surface area contributed by atoms with Crippen molar-refractivity contribution in [2.45, 2.75) is 26.8 Å². The van der Waals surface area contributed by atoms with Gasteiger partial charge < -0.3 is 14.8 Å². The predicted molar refractivity (Wildman–Crippen MR) is 104 cm³/mol. The molecule has 3 aromatic carbocycles. The molecular weight excluding hydrogens is 345 g/mol. The van der Waals surface area contributed by atoms with Crippen LogP contribution in [0.25, 0.3) is 10.8 Å². The average Bonchev–Trinajstić information content (AvgIpc) is 2.63. The molecule has 4 nitrogen and oxygen atoms in total. The second kappa shape index (κ2) is 8.08. The molecule has 3 aromatic rings. The molecule has 0 aliphatic heterocycles. The molecule has 1 atom stereocenters. The lowest BCUT2D eigenvalue weighted by Gasteiger charge is -2.14. The van der Waals surface area contributed by atoms with Crippen molar-refractivity contribution in [3.63, 3.8) is 0 Å². The van der Waals surface area contributed by atoms with Gasteiger partial charge in [0.15, 0.2) is 11.6 Å². The average molecular weight is 367 g/mol. The van der Waals surface area contributed by atoms with Crippen molar-refractivity contribution in [2.24, 2.45) is 0 Å². The molecule has 0 bridgehead atoms. The van der Waals surface area contributed by atoms with Gasteiger partial charge in [0.1, 0.15) is 11.5 Å². The number of carbonyl (C=O) groups is 1. The fourth-order valence-electron chi connectivity index (χ4n) is 2.91. The summed E-state index contributed by atoms with van der Waals surface area (Å²) in [4.78, 5) is 11.2. The lowest BCUT2D eigenvalue weighted by molar-refractivity contribution is -0.119. The summed E-state index contributed by atoms with van der Waals surface area (Å²) in [6, 6.07) is 16.0. The van der Waals surface area contributed by atoms with E-state index in [1.54, 1.807) is 18.2 Å². The number of nitrogens with one attached hydrogen (secondary N) is 1. The monoisotopic (exact) mass is 367 g/mol. The first kappa shape index (κ1) is 18.7. The first-order valence-electron chi connectivity index (χ1n) is 8.87. The zero-order valence-electron chi connectivity index (χ0n) is 15.6. The number of hydrogen-bond acceptors (Lipinski definition) is 3. The van der Waals surface area contributed by atoms with E-state index in [1.807, 2.05) is 44.2 Å². The quantitative estimate of drug-likeness (QED) is 0.637. The van der Waals surface area contributed by atoms with Crippen LogP contribution in [0.15, 0.2) is 54.6 Å². The largest absolute Gasteiger partial charge is 0.494 e. The molecule has 0 saturated heterocycles. The highest BCUT2D eigenvalue weighted by Gasteiger charge is 2.10. The van der Waals surface area contributed by atoms with Crippen LogP contribution in [-0.2, 0) is 4.79 Å². The fraction of sp³-hybridized carbons (Fsp3) is 0.227. The molecule has 1 amide bonds. The van der Waals surface area contributed by atoms with Crippen molar-refractivity contribution in [1.29, 1.82) is 0 Å². The van der Waals surface area contributed by atoms with Crippen molar-refractivity contribution in [3.8, 4) is 17.2 Å². The van der Waals surface area contributed by atoms with E-state index in [1.165, 1.54) is 13.0 Å². The molecular formula is C22H22FNO3. The predicted octanol–water partition coefficient (Wildman–Crippen LogP) is 5.37. The Hall–Kier alpha value is -3.08. The smallest absolute Gasteiger partial charge is 0.217 e. The number of benzene rings is 3. The molecule has 140 valence electrons. The molecule has 0 spiro atoms. The molecule has 1 N–H and O–H groups in total. The van der Waals surface area contributed by atoms with Gasteiger partial charge in [0.25, 0.3) is 0 Å². The van der Waals surface area contributed by atoms with Gasteiger partial charge in [0.2, 0.25) is 5.91 Å². The minimum absolute atomic E-state index is 0.0660. The Morgan fingerprint density at radius 2 is 1.74 bits per heavy atom. The van der Waals surface area contributed by atoms with Crippen LogP contribution in [0.3, 0.4) is 0 Å². The summed E-state index contributed by atoms with van der Waals surface area (Å²) in [6.45, 7) is 5.77. The van der Waals surface area contributed by atoms with E-state index in [0.717, 1.165) is 16.3 Å². The van der Waals surface area contributed by atoms with Crippen LogP contribution in [0.2, 0.25) is 0 Å². The van der Waals surface area contributed by atoms with E-state index in [4.69, 9.17) is 9.47 Å². The number of rotatable bonds is 6. The van der Waals surface area contributed by atoms with Crippen LogP contribution in [0.1, 0.15) is 32.4 Å². The topological polar surface area (TPSA) is 47.6 Å². The van der Waals surface area contributed by atoms with E-state index in [2.05, 4.69) is 5.32 Å². The van der Waals surface area contributed by atoms with Crippen LogP contribution >= 0.6 is 0 Å². The summed E-state index contributed by atoms with van der Waals surface area (Å²) in [5.74, 6) is 0.632. The minimum atomic E-state index is -0.472. The van der Waals surface area contributed by atoms with Gasteiger partial charge >= 0.3 is 0 Å². The molecule has 1 unspecified atom stereocenters.